The van der Waals surface area contributed by atoms with E-state index in [0.717, 1.165) is 6.42 Å². The summed E-state index contributed by atoms with van der Waals surface area (Å²) < 4.78 is 6.87. The van der Waals surface area contributed by atoms with Gasteiger partial charge in [-0.2, -0.15) is 0 Å². The molecule has 1 aliphatic rings. The van der Waals surface area contributed by atoms with Gasteiger partial charge in [0.15, 0.2) is 5.78 Å². The molecule has 0 amide bonds. The monoisotopic (exact) mass is 195 g/mol. The summed E-state index contributed by atoms with van der Waals surface area (Å²) in [5.74, 6) is -0.00481. The van der Waals surface area contributed by atoms with E-state index in [0.29, 0.717) is 12.3 Å². The van der Waals surface area contributed by atoms with E-state index < -0.39 is 0 Å². The maximum absolute atomic E-state index is 11.9. The molecule has 0 radical (unpaired) electrons. The van der Waals surface area contributed by atoms with Gasteiger partial charge in [0.1, 0.15) is 5.69 Å². The van der Waals surface area contributed by atoms with E-state index in [1.165, 1.54) is 4.68 Å². The Morgan fingerprint density at radius 2 is 2.50 bits per heavy atom. The number of ether oxygens (including phenoxy) is 1. The zero-order chi connectivity index (χ0) is 10.1. The van der Waals surface area contributed by atoms with Crippen LogP contribution in [-0.4, -0.2) is 33.5 Å². The fourth-order valence-electron chi connectivity index (χ4n) is 1.73. The Kier molecular flexibility index (Phi) is 2.33. The minimum atomic E-state index is -0.0494. The number of aromatic nitrogens is 3. The molecule has 1 aromatic rings. The fraction of sp³-hybridized carbons (Fsp3) is 0.667. The molecule has 0 saturated carbocycles. The van der Waals surface area contributed by atoms with Gasteiger partial charge in [0.2, 0.25) is 0 Å². The lowest BCUT2D eigenvalue weighted by molar-refractivity contribution is 0.0760. The van der Waals surface area contributed by atoms with Gasteiger partial charge >= 0.3 is 0 Å². The van der Waals surface area contributed by atoms with Crippen molar-refractivity contribution in [1.29, 1.82) is 0 Å². The van der Waals surface area contributed by atoms with E-state index in [2.05, 4.69) is 10.3 Å². The molecule has 0 spiro atoms. The van der Waals surface area contributed by atoms with E-state index in [1.807, 2.05) is 6.92 Å². The van der Waals surface area contributed by atoms with Crippen LogP contribution in [0.15, 0.2) is 6.20 Å². The molecule has 0 N–H and O–H groups in total. The Morgan fingerprint density at radius 1 is 1.71 bits per heavy atom. The second-order valence-corrected chi connectivity index (χ2v) is 3.61. The third kappa shape index (κ3) is 1.55. The third-order valence-corrected chi connectivity index (χ3v) is 2.57. The SMILES string of the molecule is CC1OCCC1C(=O)c1cn(C)nn1. The number of hydrogen-bond donors (Lipinski definition) is 0. The molecule has 2 atom stereocenters. The lowest BCUT2D eigenvalue weighted by atomic mass is 9.96. The van der Waals surface area contributed by atoms with Gasteiger partial charge in [0.25, 0.3) is 0 Å². The van der Waals surface area contributed by atoms with Gasteiger partial charge < -0.3 is 4.74 Å². The quantitative estimate of drug-likeness (QED) is 0.642. The molecule has 1 aromatic heterocycles. The molecule has 1 fully saturated rings. The first-order valence-corrected chi connectivity index (χ1v) is 4.70. The molecular weight excluding hydrogens is 182 g/mol. The minimum absolute atomic E-state index is 0.00417. The molecule has 1 saturated heterocycles. The zero-order valence-electron chi connectivity index (χ0n) is 8.30. The molecule has 0 bridgehead atoms. The summed E-state index contributed by atoms with van der Waals surface area (Å²) in [5, 5.41) is 7.54. The van der Waals surface area contributed by atoms with Crippen molar-refractivity contribution >= 4 is 5.78 Å². The second kappa shape index (κ2) is 3.49. The summed E-state index contributed by atoms with van der Waals surface area (Å²) in [6.45, 7) is 2.59. The summed E-state index contributed by atoms with van der Waals surface area (Å²) in [6, 6.07) is 0. The fourth-order valence-corrected chi connectivity index (χ4v) is 1.73. The summed E-state index contributed by atoms with van der Waals surface area (Å²) >= 11 is 0. The van der Waals surface area contributed by atoms with Crippen LogP contribution in [0.4, 0.5) is 0 Å². The number of carbonyl (C=O) groups is 1. The molecule has 76 valence electrons. The largest absolute Gasteiger partial charge is 0.378 e. The molecule has 2 rings (SSSR count). The van der Waals surface area contributed by atoms with Crippen LogP contribution in [0.3, 0.4) is 0 Å². The smallest absolute Gasteiger partial charge is 0.190 e. The molecule has 14 heavy (non-hydrogen) atoms. The molecule has 5 heteroatoms. The molecule has 5 nitrogen and oxygen atoms in total. The number of aryl methyl sites for hydroxylation is 1. The maximum Gasteiger partial charge on any atom is 0.190 e. The van der Waals surface area contributed by atoms with Gasteiger partial charge in [-0.3, -0.25) is 9.48 Å². The molecule has 2 unspecified atom stereocenters. The molecule has 0 aliphatic carbocycles. The lowest BCUT2D eigenvalue weighted by Gasteiger charge is -2.09. The third-order valence-electron chi connectivity index (χ3n) is 2.57. The summed E-state index contributed by atoms with van der Waals surface area (Å²) in [6.07, 6.45) is 2.44. The van der Waals surface area contributed by atoms with E-state index in [4.69, 9.17) is 4.74 Å². The molecule has 2 heterocycles. The average Bonchev–Trinajstić information content (AvgIpc) is 2.73. The predicted molar refractivity (Wildman–Crippen MR) is 48.9 cm³/mol. The highest BCUT2D eigenvalue weighted by Gasteiger charge is 2.32. The first-order chi connectivity index (χ1) is 6.68. The van der Waals surface area contributed by atoms with Crippen molar-refractivity contribution in [3.05, 3.63) is 11.9 Å². The Bertz CT molecular complexity index is 348. The first-order valence-electron chi connectivity index (χ1n) is 4.70. The Labute approximate surface area is 82.1 Å². The number of ketones is 1. The van der Waals surface area contributed by atoms with Crippen LogP contribution >= 0.6 is 0 Å². The average molecular weight is 195 g/mol. The number of rotatable bonds is 2. The van der Waals surface area contributed by atoms with E-state index >= 15 is 0 Å². The van der Waals surface area contributed by atoms with Crippen LogP contribution in [0, 0.1) is 5.92 Å². The van der Waals surface area contributed by atoms with Crippen LogP contribution in [0.25, 0.3) is 0 Å². The van der Waals surface area contributed by atoms with Crippen molar-refractivity contribution in [1.82, 2.24) is 15.0 Å². The van der Waals surface area contributed by atoms with Crippen molar-refractivity contribution in [2.45, 2.75) is 19.4 Å². The topological polar surface area (TPSA) is 57.0 Å². The van der Waals surface area contributed by atoms with Crippen molar-refractivity contribution < 1.29 is 9.53 Å². The Hall–Kier alpha value is -1.23. The van der Waals surface area contributed by atoms with Crippen LogP contribution in [0.1, 0.15) is 23.8 Å². The number of Topliss-reactive ketones (excluding diaryl/α,β-unsaturated/α-hetero) is 1. The van der Waals surface area contributed by atoms with Crippen LogP contribution in [0.2, 0.25) is 0 Å². The molecule has 0 aromatic carbocycles. The van der Waals surface area contributed by atoms with Crippen molar-refractivity contribution in [2.24, 2.45) is 13.0 Å². The summed E-state index contributed by atoms with van der Waals surface area (Å²) in [7, 11) is 1.75. The zero-order valence-corrected chi connectivity index (χ0v) is 8.30. The standard InChI is InChI=1S/C9H13N3O2/c1-6-7(3-4-14-6)9(13)8-5-12(2)11-10-8/h5-7H,3-4H2,1-2H3. The van der Waals surface area contributed by atoms with Crippen LogP contribution in [-0.2, 0) is 11.8 Å². The van der Waals surface area contributed by atoms with Crippen molar-refractivity contribution in [3.8, 4) is 0 Å². The molecule has 1 aliphatic heterocycles. The van der Waals surface area contributed by atoms with E-state index in [-0.39, 0.29) is 17.8 Å². The second-order valence-electron chi connectivity index (χ2n) is 3.61. The van der Waals surface area contributed by atoms with Gasteiger partial charge in [0, 0.05) is 13.7 Å². The highest BCUT2D eigenvalue weighted by Crippen LogP contribution is 2.23. The number of hydrogen-bond acceptors (Lipinski definition) is 4. The molecular formula is C9H13N3O2. The number of nitrogens with zero attached hydrogens (tertiary/aromatic N) is 3. The van der Waals surface area contributed by atoms with Gasteiger partial charge in [-0.1, -0.05) is 5.21 Å². The van der Waals surface area contributed by atoms with Gasteiger partial charge in [0.05, 0.1) is 18.2 Å². The maximum atomic E-state index is 11.9. The number of carbonyl (C=O) groups excluding carboxylic acids is 1. The Balaban J connectivity index is 2.15. The van der Waals surface area contributed by atoms with Gasteiger partial charge in [-0.25, -0.2) is 0 Å². The lowest BCUT2D eigenvalue weighted by Crippen LogP contribution is -2.22. The van der Waals surface area contributed by atoms with E-state index in [9.17, 15) is 4.79 Å². The first kappa shape index (κ1) is 9.33. The van der Waals surface area contributed by atoms with Crippen molar-refractivity contribution in [2.75, 3.05) is 6.61 Å². The van der Waals surface area contributed by atoms with Crippen molar-refractivity contribution in [3.63, 3.8) is 0 Å². The predicted octanol–water partition coefficient (Wildman–Crippen LogP) is 0.423. The Morgan fingerprint density at radius 3 is 3.00 bits per heavy atom. The van der Waals surface area contributed by atoms with Gasteiger partial charge in [-0.15, -0.1) is 5.10 Å². The van der Waals surface area contributed by atoms with E-state index in [1.54, 1.807) is 13.2 Å². The summed E-state index contributed by atoms with van der Waals surface area (Å²) in [4.78, 5) is 11.9. The van der Waals surface area contributed by atoms with Gasteiger partial charge in [-0.05, 0) is 13.3 Å². The minimum Gasteiger partial charge on any atom is -0.378 e. The highest BCUT2D eigenvalue weighted by atomic mass is 16.5. The van der Waals surface area contributed by atoms with Crippen LogP contribution in [0.5, 0.6) is 0 Å². The highest BCUT2D eigenvalue weighted by molar-refractivity contribution is 5.96. The van der Waals surface area contributed by atoms with Crippen LogP contribution < -0.4 is 0 Å². The normalized spacial score (nSPS) is 26.7. The summed E-state index contributed by atoms with van der Waals surface area (Å²) in [5.41, 5.74) is 0.440.